The van der Waals surface area contributed by atoms with E-state index in [-0.39, 0.29) is 0 Å². The van der Waals surface area contributed by atoms with Crippen LogP contribution in [0.4, 0.5) is 30.2 Å². The van der Waals surface area contributed by atoms with E-state index >= 15 is 0 Å². The summed E-state index contributed by atoms with van der Waals surface area (Å²) in [7, 11) is 0. The first-order chi connectivity index (χ1) is 12.8. The monoisotopic (exact) mass is 370 g/mol. The first-order valence-corrected chi connectivity index (χ1v) is 8.25. The van der Waals surface area contributed by atoms with Gasteiger partial charge in [0.2, 0.25) is 0 Å². The second-order valence-corrected chi connectivity index (χ2v) is 6.03. The number of aryl methyl sites for hydroxylation is 1. The summed E-state index contributed by atoms with van der Waals surface area (Å²) in [5.74, 6) is -0.818. The van der Waals surface area contributed by atoms with Crippen molar-refractivity contribution in [3.05, 3.63) is 89.5 Å². The van der Waals surface area contributed by atoms with Gasteiger partial charge in [-0.05, 0) is 43.3 Å². The summed E-state index contributed by atoms with van der Waals surface area (Å²) < 4.78 is 39.5. The Morgan fingerprint density at radius 2 is 1.41 bits per heavy atom. The summed E-state index contributed by atoms with van der Waals surface area (Å²) >= 11 is 0. The third-order valence-electron chi connectivity index (χ3n) is 3.98. The van der Waals surface area contributed by atoms with Crippen molar-refractivity contribution < 1.29 is 18.0 Å². The van der Waals surface area contributed by atoms with Crippen molar-refractivity contribution in [1.29, 1.82) is 0 Å². The average molecular weight is 370 g/mol. The number of carbonyl (C=O) groups is 1. The van der Waals surface area contributed by atoms with Gasteiger partial charge in [-0.3, -0.25) is 4.79 Å². The number of nitrogens with one attached hydrogen (secondary N) is 2. The highest BCUT2D eigenvalue weighted by Crippen LogP contribution is 2.33. The third-order valence-corrected chi connectivity index (χ3v) is 3.98. The number of amides is 1. The number of rotatable bonds is 4. The van der Waals surface area contributed by atoms with E-state index in [4.69, 9.17) is 0 Å². The lowest BCUT2D eigenvalue weighted by Crippen LogP contribution is -2.19. The predicted octanol–water partition coefficient (Wildman–Crippen LogP) is 6.01. The van der Waals surface area contributed by atoms with Crippen molar-refractivity contribution in [3.63, 3.8) is 0 Å². The molecule has 0 bridgehead atoms. The van der Waals surface area contributed by atoms with Gasteiger partial charge in [-0.25, -0.2) is 0 Å². The van der Waals surface area contributed by atoms with Crippen LogP contribution in [-0.2, 0) is 6.18 Å². The molecule has 0 aliphatic rings. The molecule has 0 saturated carbocycles. The molecule has 3 aromatic carbocycles. The van der Waals surface area contributed by atoms with Crippen molar-refractivity contribution in [2.75, 3.05) is 10.6 Å². The van der Waals surface area contributed by atoms with Crippen LogP contribution in [0.1, 0.15) is 21.5 Å². The van der Waals surface area contributed by atoms with E-state index in [1.807, 2.05) is 31.2 Å². The van der Waals surface area contributed by atoms with Crippen molar-refractivity contribution >= 4 is 23.0 Å². The molecule has 0 unspecified atom stereocenters. The van der Waals surface area contributed by atoms with E-state index in [2.05, 4.69) is 10.6 Å². The molecule has 3 aromatic rings. The largest absolute Gasteiger partial charge is 0.417 e. The minimum Gasteiger partial charge on any atom is -0.354 e. The topological polar surface area (TPSA) is 41.1 Å². The van der Waals surface area contributed by atoms with E-state index in [0.717, 1.165) is 23.4 Å². The molecule has 0 heterocycles. The Morgan fingerprint density at radius 1 is 0.815 bits per heavy atom. The summed E-state index contributed by atoms with van der Waals surface area (Å²) in [6, 6.07) is 19.2. The van der Waals surface area contributed by atoms with E-state index in [0.29, 0.717) is 11.4 Å². The molecular weight excluding hydrogens is 353 g/mol. The number of carbonyl (C=O) groups excluding carboxylic acids is 1. The first-order valence-electron chi connectivity index (χ1n) is 8.25. The average Bonchev–Trinajstić information content (AvgIpc) is 2.64. The summed E-state index contributed by atoms with van der Waals surface area (Å²) in [6.45, 7) is 1.97. The van der Waals surface area contributed by atoms with Crippen molar-refractivity contribution in [2.24, 2.45) is 0 Å². The summed E-state index contributed by atoms with van der Waals surface area (Å²) in [6.07, 6.45) is -4.60. The van der Waals surface area contributed by atoms with Crippen LogP contribution >= 0.6 is 0 Å². The van der Waals surface area contributed by atoms with Gasteiger partial charge in [-0.1, -0.05) is 42.0 Å². The van der Waals surface area contributed by atoms with Crippen LogP contribution in [0.5, 0.6) is 0 Å². The van der Waals surface area contributed by atoms with Crippen molar-refractivity contribution in [3.8, 4) is 0 Å². The Balaban J connectivity index is 1.87. The maximum absolute atomic E-state index is 13.2. The molecule has 0 aromatic heterocycles. The maximum Gasteiger partial charge on any atom is 0.417 e. The van der Waals surface area contributed by atoms with Crippen molar-refractivity contribution in [2.45, 2.75) is 13.1 Å². The fraction of sp³-hybridized carbons (Fsp3) is 0.0952. The van der Waals surface area contributed by atoms with Crippen LogP contribution in [0.3, 0.4) is 0 Å². The van der Waals surface area contributed by atoms with Crippen LogP contribution in [-0.4, -0.2) is 5.91 Å². The van der Waals surface area contributed by atoms with Crippen LogP contribution in [0.2, 0.25) is 0 Å². The smallest absolute Gasteiger partial charge is 0.354 e. The van der Waals surface area contributed by atoms with Crippen LogP contribution in [0.15, 0.2) is 72.8 Å². The number of alkyl halides is 3. The molecule has 3 nitrogen and oxygen atoms in total. The molecule has 0 radical (unpaired) electrons. The lowest BCUT2D eigenvalue weighted by molar-refractivity contribution is -0.137. The van der Waals surface area contributed by atoms with Gasteiger partial charge in [0.1, 0.15) is 0 Å². The molecule has 0 aliphatic carbocycles. The van der Waals surface area contributed by atoms with Gasteiger partial charge in [-0.15, -0.1) is 0 Å². The molecule has 0 atom stereocenters. The Labute approximate surface area is 154 Å². The quantitative estimate of drug-likeness (QED) is 0.590. The number of halogens is 3. The zero-order chi connectivity index (χ0) is 19.4. The molecule has 0 spiro atoms. The van der Waals surface area contributed by atoms with Crippen LogP contribution < -0.4 is 10.6 Å². The molecule has 0 fully saturated rings. The molecule has 3 rings (SSSR count). The molecule has 6 heteroatoms. The zero-order valence-corrected chi connectivity index (χ0v) is 14.5. The first kappa shape index (κ1) is 18.5. The highest BCUT2D eigenvalue weighted by molar-refractivity contribution is 6.07. The fourth-order valence-corrected chi connectivity index (χ4v) is 2.61. The summed E-state index contributed by atoms with van der Waals surface area (Å²) in [5.41, 5.74) is 1.49. The standard InChI is InChI=1S/C21H17F3N2O/c1-14-10-12-15(13-11-14)25-18-8-4-5-9-19(18)26-20(27)16-6-2-3-7-17(16)21(22,23)24/h2-13,25H,1H3,(H,26,27). The summed E-state index contributed by atoms with van der Waals surface area (Å²) in [4.78, 5) is 12.5. The van der Waals surface area contributed by atoms with Gasteiger partial charge in [0.05, 0.1) is 22.5 Å². The Kier molecular flexibility index (Phi) is 5.16. The Hall–Kier alpha value is -3.28. The minimum absolute atomic E-state index is 0.389. The molecule has 1 amide bonds. The minimum atomic E-state index is -4.60. The lowest BCUT2D eigenvalue weighted by Gasteiger charge is -2.15. The van der Waals surface area contributed by atoms with Crippen LogP contribution in [0.25, 0.3) is 0 Å². The Morgan fingerprint density at radius 3 is 2.07 bits per heavy atom. The van der Waals surface area contributed by atoms with Crippen LogP contribution in [0, 0.1) is 6.92 Å². The SMILES string of the molecule is Cc1ccc(Nc2ccccc2NC(=O)c2ccccc2C(F)(F)F)cc1. The van der Waals surface area contributed by atoms with Gasteiger partial charge >= 0.3 is 6.18 Å². The third kappa shape index (κ3) is 4.47. The zero-order valence-electron chi connectivity index (χ0n) is 14.5. The second kappa shape index (κ2) is 7.53. The highest BCUT2D eigenvalue weighted by atomic mass is 19.4. The molecular formula is C21H17F3N2O. The number of anilines is 3. The molecule has 2 N–H and O–H groups in total. The van der Waals surface area contributed by atoms with E-state index < -0.39 is 23.2 Å². The number of para-hydroxylation sites is 2. The highest BCUT2D eigenvalue weighted by Gasteiger charge is 2.34. The molecule has 0 saturated heterocycles. The summed E-state index contributed by atoms with van der Waals surface area (Å²) in [5, 5.41) is 5.73. The predicted molar refractivity (Wildman–Crippen MR) is 100 cm³/mol. The Bertz CT molecular complexity index is 950. The van der Waals surface area contributed by atoms with Gasteiger partial charge < -0.3 is 10.6 Å². The molecule has 138 valence electrons. The van der Waals surface area contributed by atoms with E-state index in [1.54, 1.807) is 24.3 Å². The van der Waals surface area contributed by atoms with Crippen molar-refractivity contribution in [1.82, 2.24) is 0 Å². The lowest BCUT2D eigenvalue weighted by atomic mass is 10.1. The second-order valence-electron chi connectivity index (χ2n) is 6.03. The number of benzene rings is 3. The molecule has 27 heavy (non-hydrogen) atoms. The van der Waals surface area contributed by atoms with Gasteiger partial charge in [0.25, 0.3) is 5.91 Å². The fourth-order valence-electron chi connectivity index (χ4n) is 2.61. The maximum atomic E-state index is 13.2. The number of hydrogen-bond donors (Lipinski definition) is 2. The molecule has 0 aliphatic heterocycles. The van der Waals surface area contributed by atoms with Gasteiger partial charge in [0, 0.05) is 5.69 Å². The number of hydrogen-bond acceptors (Lipinski definition) is 2. The normalized spacial score (nSPS) is 11.1. The van der Waals surface area contributed by atoms with E-state index in [9.17, 15) is 18.0 Å². The van der Waals surface area contributed by atoms with E-state index in [1.165, 1.54) is 12.1 Å². The van der Waals surface area contributed by atoms with Gasteiger partial charge in [-0.2, -0.15) is 13.2 Å². The van der Waals surface area contributed by atoms with Gasteiger partial charge in [0.15, 0.2) is 0 Å².